The summed E-state index contributed by atoms with van der Waals surface area (Å²) in [6.45, 7) is 1.63. The van der Waals surface area contributed by atoms with Gasteiger partial charge >= 0.3 is 0 Å². The van der Waals surface area contributed by atoms with Crippen LogP contribution in [0.2, 0.25) is 5.02 Å². The largest absolute Gasteiger partial charge is 0.341 e. The monoisotopic (exact) mass is 360 g/mol. The van der Waals surface area contributed by atoms with Crippen LogP contribution in [0.25, 0.3) is 0 Å². The van der Waals surface area contributed by atoms with Gasteiger partial charge in [0.15, 0.2) is 10.7 Å². The molecule has 23 heavy (non-hydrogen) atoms. The number of aromatic nitrogens is 4. The molecule has 1 fully saturated rings. The Morgan fingerprint density at radius 1 is 1.35 bits per heavy atom. The third-order valence-electron chi connectivity index (χ3n) is 3.18. The molecule has 1 saturated heterocycles. The minimum absolute atomic E-state index is 0.0302. The molecule has 2 aromatic heterocycles. The van der Waals surface area contributed by atoms with E-state index in [9.17, 15) is 13.6 Å². The van der Waals surface area contributed by atoms with Gasteiger partial charge in [0.2, 0.25) is 11.1 Å². The van der Waals surface area contributed by atoms with E-state index in [2.05, 4.69) is 25.5 Å². The second-order valence-corrected chi connectivity index (χ2v) is 6.18. The van der Waals surface area contributed by atoms with Crippen molar-refractivity contribution in [1.82, 2.24) is 20.2 Å². The van der Waals surface area contributed by atoms with Crippen LogP contribution in [0, 0.1) is 0 Å². The van der Waals surface area contributed by atoms with Gasteiger partial charge in [-0.15, -0.1) is 10.2 Å². The summed E-state index contributed by atoms with van der Waals surface area (Å²) in [5.74, 6) is -0.225. The van der Waals surface area contributed by atoms with Crippen molar-refractivity contribution >= 4 is 39.9 Å². The van der Waals surface area contributed by atoms with E-state index in [0.717, 1.165) is 25.9 Å². The first-order chi connectivity index (χ1) is 11.0. The van der Waals surface area contributed by atoms with Crippen LogP contribution >= 0.6 is 22.9 Å². The van der Waals surface area contributed by atoms with Crippen molar-refractivity contribution in [2.45, 2.75) is 19.3 Å². The Labute approximate surface area is 138 Å². The SMILES string of the molecule is O=C(Nc1nnc(C(F)F)s1)c1nc(N2CCCC2)ncc1Cl. The lowest BCUT2D eigenvalue weighted by atomic mass is 10.4. The van der Waals surface area contributed by atoms with Crippen LogP contribution < -0.4 is 10.2 Å². The maximum Gasteiger partial charge on any atom is 0.291 e. The average molecular weight is 361 g/mol. The predicted molar refractivity (Wildman–Crippen MR) is 81.3 cm³/mol. The number of hydrogen-bond donors (Lipinski definition) is 1. The number of alkyl halides is 2. The third-order valence-corrected chi connectivity index (χ3v) is 4.31. The molecule has 0 saturated carbocycles. The Kier molecular flexibility index (Phi) is 4.62. The average Bonchev–Trinajstić information content (AvgIpc) is 3.18. The van der Waals surface area contributed by atoms with Crippen molar-refractivity contribution in [2.24, 2.45) is 0 Å². The molecular weight excluding hydrogens is 350 g/mol. The summed E-state index contributed by atoms with van der Waals surface area (Å²) in [5, 5.41) is 8.73. The van der Waals surface area contributed by atoms with Gasteiger partial charge in [0.05, 0.1) is 11.2 Å². The van der Waals surface area contributed by atoms with Crippen molar-refractivity contribution in [3.63, 3.8) is 0 Å². The molecule has 0 atom stereocenters. The number of anilines is 2. The predicted octanol–water partition coefficient (Wildman–Crippen LogP) is 2.77. The minimum atomic E-state index is -2.73. The molecule has 0 aromatic carbocycles. The molecule has 0 unspecified atom stereocenters. The minimum Gasteiger partial charge on any atom is -0.341 e. The van der Waals surface area contributed by atoms with E-state index in [-0.39, 0.29) is 15.8 Å². The molecule has 0 spiro atoms. The molecule has 1 aliphatic rings. The van der Waals surface area contributed by atoms with Crippen LogP contribution in [-0.2, 0) is 0 Å². The quantitative estimate of drug-likeness (QED) is 0.902. The summed E-state index contributed by atoms with van der Waals surface area (Å²) in [6, 6.07) is 0. The third kappa shape index (κ3) is 3.53. The second kappa shape index (κ2) is 6.67. The molecule has 1 amide bonds. The van der Waals surface area contributed by atoms with Gasteiger partial charge in [0, 0.05) is 13.1 Å². The Balaban J connectivity index is 1.79. The number of rotatable bonds is 4. The fourth-order valence-corrected chi connectivity index (χ4v) is 2.89. The zero-order valence-corrected chi connectivity index (χ0v) is 13.2. The smallest absolute Gasteiger partial charge is 0.291 e. The van der Waals surface area contributed by atoms with Gasteiger partial charge < -0.3 is 4.90 Å². The Bertz CT molecular complexity index is 721. The molecule has 11 heteroatoms. The fraction of sp³-hybridized carbons (Fsp3) is 0.417. The van der Waals surface area contributed by atoms with Gasteiger partial charge in [-0.2, -0.15) is 0 Å². The number of carbonyl (C=O) groups excluding carboxylic acids is 1. The van der Waals surface area contributed by atoms with Crippen molar-refractivity contribution in [3.05, 3.63) is 21.9 Å². The van der Waals surface area contributed by atoms with E-state index in [4.69, 9.17) is 11.6 Å². The molecule has 0 aliphatic carbocycles. The maximum absolute atomic E-state index is 12.5. The van der Waals surface area contributed by atoms with Gasteiger partial charge in [0.25, 0.3) is 12.3 Å². The van der Waals surface area contributed by atoms with Crippen molar-refractivity contribution in [1.29, 1.82) is 0 Å². The van der Waals surface area contributed by atoms with E-state index in [1.54, 1.807) is 0 Å². The summed E-state index contributed by atoms with van der Waals surface area (Å²) < 4.78 is 25.0. The standard InChI is InChI=1S/C12H11ClF2N6OS/c13-6-5-16-11(21-3-1-2-4-21)17-7(6)9(22)18-12-20-19-10(23-12)8(14)15/h5,8H,1-4H2,(H,18,20,22). The summed E-state index contributed by atoms with van der Waals surface area (Å²) in [7, 11) is 0. The number of amides is 1. The lowest BCUT2D eigenvalue weighted by Gasteiger charge is -2.15. The molecule has 3 rings (SSSR count). The van der Waals surface area contributed by atoms with Crippen LogP contribution in [-0.4, -0.2) is 39.2 Å². The van der Waals surface area contributed by atoms with E-state index in [1.165, 1.54) is 6.20 Å². The van der Waals surface area contributed by atoms with Crippen LogP contribution in [0.5, 0.6) is 0 Å². The molecule has 0 radical (unpaired) electrons. The van der Waals surface area contributed by atoms with Crippen LogP contribution in [0.15, 0.2) is 6.20 Å². The van der Waals surface area contributed by atoms with Crippen molar-refractivity contribution < 1.29 is 13.6 Å². The Hall–Kier alpha value is -1.94. The van der Waals surface area contributed by atoms with Crippen molar-refractivity contribution in [3.8, 4) is 0 Å². The summed E-state index contributed by atoms with van der Waals surface area (Å²) in [4.78, 5) is 22.5. The van der Waals surface area contributed by atoms with Crippen LogP contribution in [0.1, 0.15) is 34.8 Å². The summed E-state index contributed by atoms with van der Waals surface area (Å²) in [6.07, 6.45) is 0.688. The topological polar surface area (TPSA) is 83.9 Å². The molecule has 122 valence electrons. The van der Waals surface area contributed by atoms with Gasteiger partial charge in [-0.1, -0.05) is 22.9 Å². The highest BCUT2D eigenvalue weighted by Crippen LogP contribution is 2.26. The highest BCUT2D eigenvalue weighted by molar-refractivity contribution is 7.15. The zero-order valence-electron chi connectivity index (χ0n) is 11.7. The van der Waals surface area contributed by atoms with Crippen LogP contribution in [0.3, 0.4) is 0 Å². The second-order valence-electron chi connectivity index (χ2n) is 4.76. The number of carbonyl (C=O) groups is 1. The first kappa shape index (κ1) is 15.9. The van der Waals surface area contributed by atoms with E-state index in [1.807, 2.05) is 4.90 Å². The highest BCUT2D eigenvalue weighted by Gasteiger charge is 2.21. The lowest BCUT2D eigenvalue weighted by Crippen LogP contribution is -2.23. The van der Waals surface area contributed by atoms with E-state index >= 15 is 0 Å². The normalized spacial score (nSPS) is 14.5. The lowest BCUT2D eigenvalue weighted by molar-refractivity contribution is 0.102. The molecule has 2 aromatic rings. The molecule has 7 nitrogen and oxygen atoms in total. The summed E-state index contributed by atoms with van der Waals surface area (Å²) >= 11 is 6.56. The molecule has 3 heterocycles. The first-order valence-corrected chi connectivity index (χ1v) is 7.94. The number of hydrogen-bond acceptors (Lipinski definition) is 7. The van der Waals surface area contributed by atoms with E-state index < -0.39 is 17.3 Å². The summed E-state index contributed by atoms with van der Waals surface area (Å²) in [5.41, 5.74) is -0.0302. The molecular formula is C12H11ClF2N6OS. The fourth-order valence-electron chi connectivity index (χ4n) is 2.12. The van der Waals surface area contributed by atoms with Gasteiger partial charge in [-0.05, 0) is 12.8 Å². The molecule has 0 bridgehead atoms. The number of nitrogens with zero attached hydrogens (tertiary/aromatic N) is 5. The number of halogens is 3. The van der Waals surface area contributed by atoms with Gasteiger partial charge in [0.1, 0.15) is 0 Å². The zero-order chi connectivity index (χ0) is 16.4. The van der Waals surface area contributed by atoms with Crippen molar-refractivity contribution in [2.75, 3.05) is 23.3 Å². The maximum atomic E-state index is 12.5. The molecule has 1 N–H and O–H groups in total. The molecule has 1 aliphatic heterocycles. The number of nitrogens with one attached hydrogen (secondary N) is 1. The van der Waals surface area contributed by atoms with Crippen LogP contribution in [0.4, 0.5) is 19.9 Å². The highest BCUT2D eigenvalue weighted by atomic mass is 35.5. The Morgan fingerprint density at radius 2 is 2.09 bits per heavy atom. The van der Waals surface area contributed by atoms with E-state index in [0.29, 0.717) is 17.3 Å². The van der Waals surface area contributed by atoms with Gasteiger partial charge in [-0.25, -0.2) is 18.7 Å². The van der Waals surface area contributed by atoms with Gasteiger partial charge in [-0.3, -0.25) is 10.1 Å². The Morgan fingerprint density at radius 3 is 2.74 bits per heavy atom. The first-order valence-electron chi connectivity index (χ1n) is 6.75.